The third-order valence-corrected chi connectivity index (χ3v) is 6.16. The number of rotatable bonds is 7. The van der Waals surface area contributed by atoms with Gasteiger partial charge in [-0.25, -0.2) is 0 Å². The fraction of sp³-hybridized carbons (Fsp3) is 0.923. The summed E-state index contributed by atoms with van der Waals surface area (Å²) >= 11 is 0. The standard InChI is InChI=1S/C13H26N2O4S/c1-4-11-7-9-13(10-8-11,12(16)17)14-20(18,19)15(5-2)6-3/h11,14H,4-10H2,1-3H3,(H,16,17). The third kappa shape index (κ3) is 3.71. The summed E-state index contributed by atoms with van der Waals surface area (Å²) in [6, 6.07) is 0. The molecule has 1 saturated carbocycles. The molecule has 7 heteroatoms. The lowest BCUT2D eigenvalue weighted by atomic mass is 9.76. The first-order chi connectivity index (χ1) is 9.31. The summed E-state index contributed by atoms with van der Waals surface area (Å²) < 4.78 is 28.3. The summed E-state index contributed by atoms with van der Waals surface area (Å²) in [4.78, 5) is 11.6. The molecule has 0 unspecified atom stereocenters. The Morgan fingerprint density at radius 2 is 1.75 bits per heavy atom. The van der Waals surface area contributed by atoms with Crippen LogP contribution in [0.4, 0.5) is 0 Å². The molecule has 1 aliphatic rings. The molecule has 0 atom stereocenters. The quantitative estimate of drug-likeness (QED) is 0.748. The number of carboxylic acid groups (broad SMARTS) is 1. The van der Waals surface area contributed by atoms with Crippen molar-refractivity contribution in [2.75, 3.05) is 13.1 Å². The molecule has 0 amide bonds. The molecule has 2 N–H and O–H groups in total. The monoisotopic (exact) mass is 306 g/mol. The Bertz CT molecular complexity index is 424. The minimum absolute atomic E-state index is 0.332. The van der Waals surface area contributed by atoms with E-state index in [2.05, 4.69) is 11.6 Å². The Hall–Kier alpha value is -0.660. The van der Waals surface area contributed by atoms with E-state index in [1.165, 1.54) is 4.31 Å². The van der Waals surface area contributed by atoms with Crippen LogP contribution in [0.15, 0.2) is 0 Å². The fourth-order valence-electron chi connectivity index (χ4n) is 2.81. The molecule has 0 spiro atoms. The minimum atomic E-state index is -3.75. The summed E-state index contributed by atoms with van der Waals surface area (Å²) in [5.41, 5.74) is -1.34. The van der Waals surface area contributed by atoms with E-state index in [-0.39, 0.29) is 0 Å². The maximum absolute atomic E-state index is 12.3. The Kier molecular flexibility index (Phi) is 5.97. The van der Waals surface area contributed by atoms with Gasteiger partial charge >= 0.3 is 5.97 Å². The van der Waals surface area contributed by atoms with Crippen LogP contribution in [0.25, 0.3) is 0 Å². The number of hydrogen-bond acceptors (Lipinski definition) is 3. The topological polar surface area (TPSA) is 86.7 Å². The number of carboxylic acids is 1. The van der Waals surface area contributed by atoms with Gasteiger partial charge in [0.15, 0.2) is 0 Å². The lowest BCUT2D eigenvalue weighted by Gasteiger charge is -2.38. The van der Waals surface area contributed by atoms with E-state index in [4.69, 9.17) is 0 Å². The number of carbonyl (C=O) groups is 1. The predicted molar refractivity (Wildman–Crippen MR) is 77.6 cm³/mol. The second kappa shape index (κ2) is 6.87. The van der Waals surface area contributed by atoms with Crippen LogP contribution in [0, 0.1) is 5.92 Å². The molecule has 20 heavy (non-hydrogen) atoms. The van der Waals surface area contributed by atoms with Crippen molar-refractivity contribution in [2.24, 2.45) is 5.92 Å². The molecule has 1 rings (SSSR count). The van der Waals surface area contributed by atoms with Gasteiger partial charge in [0, 0.05) is 13.1 Å². The van der Waals surface area contributed by atoms with Gasteiger partial charge in [-0.1, -0.05) is 27.2 Å². The summed E-state index contributed by atoms with van der Waals surface area (Å²) in [5, 5.41) is 9.49. The second-order valence-electron chi connectivity index (χ2n) is 5.43. The molecule has 0 aromatic carbocycles. The maximum atomic E-state index is 12.3. The lowest BCUT2D eigenvalue weighted by molar-refractivity contribution is -0.145. The van der Waals surface area contributed by atoms with Crippen molar-refractivity contribution >= 4 is 16.2 Å². The summed E-state index contributed by atoms with van der Waals surface area (Å²) in [6.07, 6.45) is 3.24. The highest BCUT2D eigenvalue weighted by Gasteiger charge is 2.45. The Morgan fingerprint density at radius 1 is 1.25 bits per heavy atom. The normalized spacial score (nSPS) is 27.7. The predicted octanol–water partition coefficient (Wildman–Crippen LogP) is 1.59. The molecule has 0 bridgehead atoms. The Labute approximate surface area is 121 Å². The largest absolute Gasteiger partial charge is 0.480 e. The number of aliphatic carboxylic acids is 1. The van der Waals surface area contributed by atoms with Crippen molar-refractivity contribution in [3.8, 4) is 0 Å². The molecule has 6 nitrogen and oxygen atoms in total. The molecule has 1 aliphatic carbocycles. The summed E-state index contributed by atoms with van der Waals surface area (Å²) in [6.45, 7) is 6.23. The van der Waals surface area contributed by atoms with Gasteiger partial charge in [0.2, 0.25) is 0 Å². The summed E-state index contributed by atoms with van der Waals surface area (Å²) in [5.74, 6) is -0.566. The van der Waals surface area contributed by atoms with Crippen LogP contribution in [0.5, 0.6) is 0 Å². The van der Waals surface area contributed by atoms with Gasteiger partial charge in [0.05, 0.1) is 0 Å². The van der Waals surface area contributed by atoms with Gasteiger partial charge in [0.25, 0.3) is 10.2 Å². The highest BCUT2D eigenvalue weighted by atomic mass is 32.2. The molecule has 1 fully saturated rings. The average molecular weight is 306 g/mol. The second-order valence-corrected chi connectivity index (χ2v) is 7.10. The zero-order valence-corrected chi connectivity index (χ0v) is 13.4. The van der Waals surface area contributed by atoms with Crippen molar-refractivity contribution in [3.63, 3.8) is 0 Å². The summed E-state index contributed by atoms with van der Waals surface area (Å²) in [7, 11) is -3.75. The van der Waals surface area contributed by atoms with Crippen LogP contribution in [0.2, 0.25) is 0 Å². The van der Waals surface area contributed by atoms with E-state index in [0.717, 1.165) is 19.3 Å². The zero-order chi connectivity index (χ0) is 15.4. The van der Waals surface area contributed by atoms with Gasteiger partial charge in [-0.2, -0.15) is 17.4 Å². The van der Waals surface area contributed by atoms with Crippen LogP contribution in [-0.2, 0) is 15.0 Å². The first-order valence-electron chi connectivity index (χ1n) is 7.33. The van der Waals surface area contributed by atoms with Crippen LogP contribution < -0.4 is 4.72 Å². The van der Waals surface area contributed by atoms with Gasteiger partial charge in [-0.3, -0.25) is 4.79 Å². The van der Waals surface area contributed by atoms with Crippen LogP contribution in [0.3, 0.4) is 0 Å². The average Bonchev–Trinajstić information content (AvgIpc) is 2.39. The van der Waals surface area contributed by atoms with Gasteiger partial charge in [-0.15, -0.1) is 0 Å². The molecule has 0 saturated heterocycles. The molecule has 0 radical (unpaired) electrons. The number of nitrogens with zero attached hydrogens (tertiary/aromatic N) is 1. The maximum Gasteiger partial charge on any atom is 0.324 e. The molecule has 118 valence electrons. The number of hydrogen-bond donors (Lipinski definition) is 2. The number of nitrogens with one attached hydrogen (secondary N) is 1. The van der Waals surface area contributed by atoms with E-state index in [1.54, 1.807) is 13.8 Å². The smallest absolute Gasteiger partial charge is 0.324 e. The SMILES string of the molecule is CCC1CCC(NS(=O)(=O)N(CC)CC)(C(=O)O)CC1. The van der Waals surface area contributed by atoms with Crippen LogP contribution >= 0.6 is 0 Å². The van der Waals surface area contributed by atoms with Crippen LogP contribution in [0.1, 0.15) is 52.9 Å². The molecule has 0 aromatic heterocycles. The highest BCUT2D eigenvalue weighted by molar-refractivity contribution is 7.87. The lowest BCUT2D eigenvalue weighted by Crippen LogP contribution is -2.59. The Morgan fingerprint density at radius 3 is 2.10 bits per heavy atom. The first kappa shape index (κ1) is 17.4. The van der Waals surface area contributed by atoms with Crippen molar-refractivity contribution in [2.45, 2.75) is 58.4 Å². The molecular weight excluding hydrogens is 280 g/mol. The molecular formula is C13H26N2O4S. The van der Waals surface area contributed by atoms with E-state index < -0.39 is 21.7 Å². The fourth-order valence-corrected chi connectivity index (χ4v) is 4.41. The first-order valence-corrected chi connectivity index (χ1v) is 8.77. The van der Waals surface area contributed by atoms with Gasteiger partial charge in [0.1, 0.15) is 5.54 Å². The van der Waals surface area contributed by atoms with Crippen molar-refractivity contribution in [1.82, 2.24) is 9.03 Å². The van der Waals surface area contributed by atoms with Crippen molar-refractivity contribution in [3.05, 3.63) is 0 Å². The minimum Gasteiger partial charge on any atom is -0.480 e. The van der Waals surface area contributed by atoms with E-state index in [9.17, 15) is 18.3 Å². The molecule has 0 aliphatic heterocycles. The van der Waals surface area contributed by atoms with Gasteiger partial charge < -0.3 is 5.11 Å². The van der Waals surface area contributed by atoms with E-state index in [0.29, 0.717) is 31.8 Å². The third-order valence-electron chi connectivity index (χ3n) is 4.32. The zero-order valence-electron chi connectivity index (χ0n) is 12.6. The van der Waals surface area contributed by atoms with E-state index in [1.807, 2.05) is 0 Å². The molecule has 0 aromatic rings. The van der Waals surface area contributed by atoms with Crippen LogP contribution in [-0.4, -0.2) is 42.4 Å². The molecule has 0 heterocycles. The van der Waals surface area contributed by atoms with Gasteiger partial charge in [-0.05, 0) is 31.6 Å². The van der Waals surface area contributed by atoms with E-state index >= 15 is 0 Å². The van der Waals surface area contributed by atoms with Crippen molar-refractivity contribution in [1.29, 1.82) is 0 Å². The van der Waals surface area contributed by atoms with Crippen molar-refractivity contribution < 1.29 is 18.3 Å². The Balaban J connectivity index is 2.91. The highest BCUT2D eigenvalue weighted by Crippen LogP contribution is 2.34.